The van der Waals surface area contributed by atoms with Crippen LogP contribution >= 0.6 is 11.3 Å². The van der Waals surface area contributed by atoms with Gasteiger partial charge >= 0.3 is 0 Å². The first-order valence-electron chi connectivity index (χ1n) is 5.03. The van der Waals surface area contributed by atoms with Crippen molar-refractivity contribution in [2.45, 2.75) is 11.3 Å². The van der Waals surface area contributed by atoms with E-state index in [4.69, 9.17) is 4.74 Å². The summed E-state index contributed by atoms with van der Waals surface area (Å²) in [7, 11) is -2.10. The van der Waals surface area contributed by atoms with E-state index in [1.54, 1.807) is 18.2 Å². The molecule has 2 rings (SSSR count). The molecule has 0 saturated carbocycles. The van der Waals surface area contributed by atoms with E-state index >= 15 is 0 Å². The van der Waals surface area contributed by atoms with Gasteiger partial charge in [-0.05, 0) is 32.2 Å². The average molecular weight is 272 g/mol. The molecular formula is C10H12N2O3S2. The molecule has 1 heterocycles. The van der Waals surface area contributed by atoms with Gasteiger partial charge in [0.2, 0.25) is 4.34 Å². The number of fused-ring (bicyclic) bond motifs is 1. The van der Waals surface area contributed by atoms with Crippen LogP contribution in [0.5, 0.6) is 5.75 Å². The highest BCUT2D eigenvalue weighted by molar-refractivity contribution is 7.91. The Morgan fingerprint density at radius 2 is 2.24 bits per heavy atom. The summed E-state index contributed by atoms with van der Waals surface area (Å²) in [6, 6.07) is 5.33. The Bertz CT molecular complexity index is 634. The van der Waals surface area contributed by atoms with Crippen molar-refractivity contribution in [1.29, 1.82) is 0 Å². The predicted octanol–water partition coefficient (Wildman–Crippen LogP) is 1.60. The maximum atomic E-state index is 11.6. The fraction of sp³-hybridized carbons (Fsp3) is 0.300. The van der Waals surface area contributed by atoms with Crippen molar-refractivity contribution >= 4 is 31.6 Å². The lowest BCUT2D eigenvalue weighted by Gasteiger charge is -2.00. The maximum Gasteiger partial charge on any atom is 0.267 e. The zero-order valence-corrected chi connectivity index (χ0v) is 11.1. The van der Waals surface area contributed by atoms with Gasteiger partial charge in [0.05, 0.1) is 16.8 Å². The van der Waals surface area contributed by atoms with E-state index in [1.807, 2.05) is 6.92 Å². The van der Waals surface area contributed by atoms with Gasteiger partial charge in [0, 0.05) is 0 Å². The van der Waals surface area contributed by atoms with Crippen LogP contribution in [0, 0.1) is 0 Å². The Morgan fingerprint density at radius 1 is 1.47 bits per heavy atom. The van der Waals surface area contributed by atoms with Crippen LogP contribution in [0.1, 0.15) is 6.92 Å². The first-order valence-corrected chi connectivity index (χ1v) is 7.33. The van der Waals surface area contributed by atoms with E-state index in [9.17, 15) is 8.42 Å². The number of nitrogens with zero attached hydrogens (tertiary/aromatic N) is 1. The summed E-state index contributed by atoms with van der Waals surface area (Å²) < 4.78 is 31.6. The largest absolute Gasteiger partial charge is 0.494 e. The van der Waals surface area contributed by atoms with Gasteiger partial charge in [0.25, 0.3) is 10.0 Å². The second-order valence-electron chi connectivity index (χ2n) is 3.25. The van der Waals surface area contributed by atoms with Crippen molar-refractivity contribution in [2.75, 3.05) is 13.7 Å². The first kappa shape index (κ1) is 12.3. The SMILES string of the molecule is CCOc1ccc2nc(S(=O)(=O)NC)sc2c1. The molecule has 17 heavy (non-hydrogen) atoms. The van der Waals surface area contributed by atoms with Crippen molar-refractivity contribution in [2.24, 2.45) is 0 Å². The lowest BCUT2D eigenvalue weighted by atomic mass is 10.3. The first-order chi connectivity index (χ1) is 8.06. The van der Waals surface area contributed by atoms with Crippen LogP contribution in [0.25, 0.3) is 10.2 Å². The average Bonchev–Trinajstić information content (AvgIpc) is 2.73. The molecule has 5 nitrogen and oxygen atoms in total. The van der Waals surface area contributed by atoms with Crippen molar-refractivity contribution in [3.63, 3.8) is 0 Å². The normalized spacial score (nSPS) is 11.9. The predicted molar refractivity (Wildman–Crippen MR) is 67.0 cm³/mol. The molecule has 2 aromatic rings. The van der Waals surface area contributed by atoms with Crippen LogP contribution < -0.4 is 9.46 Å². The number of nitrogens with one attached hydrogen (secondary N) is 1. The Kier molecular flexibility index (Phi) is 3.32. The fourth-order valence-electron chi connectivity index (χ4n) is 1.34. The van der Waals surface area contributed by atoms with E-state index in [0.29, 0.717) is 12.1 Å². The zero-order chi connectivity index (χ0) is 12.5. The molecule has 0 bridgehead atoms. The maximum absolute atomic E-state index is 11.6. The van der Waals surface area contributed by atoms with Crippen molar-refractivity contribution in [3.8, 4) is 5.75 Å². The molecule has 0 aliphatic rings. The van der Waals surface area contributed by atoms with Crippen LogP contribution in [0.15, 0.2) is 22.5 Å². The third-order valence-corrected chi connectivity index (χ3v) is 4.96. The topological polar surface area (TPSA) is 68.3 Å². The highest BCUT2D eigenvalue weighted by Gasteiger charge is 2.17. The number of thiazole rings is 1. The lowest BCUT2D eigenvalue weighted by Crippen LogP contribution is -2.18. The van der Waals surface area contributed by atoms with E-state index in [-0.39, 0.29) is 4.34 Å². The molecule has 7 heteroatoms. The van der Waals surface area contributed by atoms with Gasteiger partial charge in [-0.3, -0.25) is 0 Å². The molecule has 0 amide bonds. The fourth-order valence-corrected chi connectivity index (χ4v) is 3.42. The highest BCUT2D eigenvalue weighted by Crippen LogP contribution is 2.28. The van der Waals surface area contributed by atoms with Gasteiger partial charge in [-0.25, -0.2) is 18.1 Å². The van der Waals surface area contributed by atoms with E-state index in [1.165, 1.54) is 7.05 Å². The van der Waals surface area contributed by atoms with E-state index < -0.39 is 10.0 Å². The minimum atomic E-state index is -3.47. The van der Waals surface area contributed by atoms with Crippen LogP contribution in [-0.4, -0.2) is 27.1 Å². The molecule has 0 fully saturated rings. The second kappa shape index (κ2) is 4.59. The Morgan fingerprint density at radius 3 is 2.88 bits per heavy atom. The van der Waals surface area contributed by atoms with Crippen LogP contribution in [-0.2, 0) is 10.0 Å². The summed E-state index contributed by atoms with van der Waals surface area (Å²) in [5, 5.41) is 0. The molecule has 0 unspecified atom stereocenters. The molecule has 0 saturated heterocycles. The standard InChI is InChI=1S/C10H12N2O3S2/c1-3-15-7-4-5-8-9(6-7)16-10(12-8)17(13,14)11-2/h4-6,11H,3H2,1-2H3. The van der Waals surface area contributed by atoms with Gasteiger partial charge < -0.3 is 4.74 Å². The van der Waals surface area contributed by atoms with Crippen LogP contribution in [0.3, 0.4) is 0 Å². The summed E-state index contributed by atoms with van der Waals surface area (Å²) >= 11 is 1.13. The van der Waals surface area contributed by atoms with Crippen molar-refractivity contribution < 1.29 is 13.2 Å². The highest BCUT2D eigenvalue weighted by atomic mass is 32.2. The molecule has 0 aliphatic carbocycles. The third kappa shape index (κ3) is 2.41. The Balaban J connectivity index is 2.51. The summed E-state index contributed by atoms with van der Waals surface area (Å²) in [5.41, 5.74) is 0.660. The lowest BCUT2D eigenvalue weighted by molar-refractivity contribution is 0.341. The molecule has 92 valence electrons. The third-order valence-electron chi connectivity index (χ3n) is 2.15. The van der Waals surface area contributed by atoms with Crippen molar-refractivity contribution in [1.82, 2.24) is 9.71 Å². The summed E-state index contributed by atoms with van der Waals surface area (Å²) in [6.45, 7) is 2.47. The molecular weight excluding hydrogens is 260 g/mol. The number of benzene rings is 1. The van der Waals surface area contributed by atoms with Gasteiger partial charge in [0.1, 0.15) is 5.75 Å². The molecule has 0 radical (unpaired) electrons. The van der Waals surface area contributed by atoms with Gasteiger partial charge in [-0.15, -0.1) is 11.3 Å². The number of rotatable bonds is 4. The Hall–Kier alpha value is -1.18. The summed E-state index contributed by atoms with van der Waals surface area (Å²) in [6.07, 6.45) is 0. The summed E-state index contributed by atoms with van der Waals surface area (Å²) in [5.74, 6) is 0.719. The number of ether oxygens (including phenoxy) is 1. The second-order valence-corrected chi connectivity index (χ2v) is 6.34. The number of aromatic nitrogens is 1. The molecule has 1 N–H and O–H groups in total. The molecule has 0 aliphatic heterocycles. The van der Waals surface area contributed by atoms with Gasteiger partial charge in [-0.2, -0.15) is 0 Å². The minimum absolute atomic E-state index is 0.0728. The van der Waals surface area contributed by atoms with Crippen molar-refractivity contribution in [3.05, 3.63) is 18.2 Å². The zero-order valence-electron chi connectivity index (χ0n) is 9.43. The minimum Gasteiger partial charge on any atom is -0.494 e. The quantitative estimate of drug-likeness (QED) is 0.918. The molecule has 1 aromatic carbocycles. The van der Waals surface area contributed by atoms with E-state index in [0.717, 1.165) is 21.8 Å². The van der Waals surface area contributed by atoms with Crippen LogP contribution in [0.4, 0.5) is 0 Å². The number of sulfonamides is 1. The molecule has 0 atom stereocenters. The number of hydrogen-bond donors (Lipinski definition) is 1. The van der Waals surface area contributed by atoms with Crippen LogP contribution in [0.2, 0.25) is 0 Å². The monoisotopic (exact) mass is 272 g/mol. The summed E-state index contributed by atoms with van der Waals surface area (Å²) in [4.78, 5) is 4.07. The van der Waals surface area contributed by atoms with Gasteiger partial charge in [0.15, 0.2) is 0 Å². The number of hydrogen-bond acceptors (Lipinski definition) is 5. The smallest absolute Gasteiger partial charge is 0.267 e. The Labute approximate surface area is 103 Å². The van der Waals surface area contributed by atoms with Gasteiger partial charge in [-0.1, -0.05) is 0 Å². The molecule has 1 aromatic heterocycles. The molecule has 0 spiro atoms. The van der Waals surface area contributed by atoms with E-state index in [2.05, 4.69) is 9.71 Å².